The predicted octanol–water partition coefficient (Wildman–Crippen LogP) is 5.12. The van der Waals surface area contributed by atoms with Crippen LogP contribution < -0.4 is 0 Å². The number of hydrogen-bond acceptors (Lipinski definition) is 5. The van der Waals surface area contributed by atoms with E-state index in [9.17, 15) is 14.4 Å². The van der Waals surface area contributed by atoms with Crippen molar-refractivity contribution >= 4 is 23.9 Å². The average molecular weight is 531 g/mol. The molecule has 1 saturated carbocycles. The molecule has 3 fully saturated rings. The topological polar surface area (TPSA) is 76.2 Å². The number of carbonyl (C=O) groups is 3. The molecular weight excluding hydrogens is 492 g/mol. The van der Waals surface area contributed by atoms with Gasteiger partial charge < -0.3 is 19.3 Å². The van der Waals surface area contributed by atoms with E-state index in [-0.39, 0.29) is 35.8 Å². The first-order chi connectivity index (χ1) is 18.9. The lowest BCUT2D eigenvalue weighted by molar-refractivity contribution is -0.150. The second-order valence-electron chi connectivity index (χ2n) is 10.9. The van der Waals surface area contributed by atoms with Crippen LogP contribution in [0.25, 0.3) is 6.08 Å². The van der Waals surface area contributed by atoms with Gasteiger partial charge in [0, 0.05) is 25.2 Å². The largest absolute Gasteiger partial charge is 0.482 e. The molecule has 1 aliphatic carbocycles. The maximum atomic E-state index is 13.6. The highest BCUT2D eigenvalue weighted by molar-refractivity contribution is 5.97. The molecule has 7 heteroatoms. The number of esters is 1. The number of piperidine rings is 1. The van der Waals surface area contributed by atoms with E-state index >= 15 is 0 Å². The summed E-state index contributed by atoms with van der Waals surface area (Å²) in [5, 5.41) is 0. The average Bonchev–Trinajstić information content (AvgIpc) is 2.96. The Morgan fingerprint density at radius 1 is 1.00 bits per heavy atom. The van der Waals surface area contributed by atoms with Crippen LogP contribution in [-0.4, -0.2) is 59.4 Å². The number of ether oxygens (including phenoxy) is 2. The molecule has 3 aliphatic rings. The minimum absolute atomic E-state index is 0.000412. The third-order valence-electron chi connectivity index (χ3n) is 8.08. The zero-order valence-electron chi connectivity index (χ0n) is 22.9. The van der Waals surface area contributed by atoms with Gasteiger partial charge in [0.05, 0.1) is 18.6 Å². The Hall–Kier alpha value is -3.61. The molecule has 0 radical (unpaired) electrons. The van der Waals surface area contributed by atoms with Crippen molar-refractivity contribution in [3.63, 3.8) is 0 Å². The van der Waals surface area contributed by atoms with Crippen LogP contribution in [0.15, 0.2) is 54.3 Å². The van der Waals surface area contributed by atoms with Gasteiger partial charge in [0.15, 0.2) is 5.76 Å². The second-order valence-corrected chi connectivity index (χ2v) is 10.9. The summed E-state index contributed by atoms with van der Waals surface area (Å²) in [6.07, 6.45) is 7.42. The summed E-state index contributed by atoms with van der Waals surface area (Å²) in [7, 11) is 0. The molecule has 7 nitrogen and oxygen atoms in total. The molecule has 5 rings (SSSR count). The van der Waals surface area contributed by atoms with Gasteiger partial charge in [0.2, 0.25) is 0 Å². The van der Waals surface area contributed by atoms with Gasteiger partial charge in [-0.15, -0.1) is 0 Å². The molecule has 0 aromatic heterocycles. The quantitative estimate of drug-likeness (QED) is 0.383. The molecule has 39 heavy (non-hydrogen) atoms. The van der Waals surface area contributed by atoms with Gasteiger partial charge in [-0.1, -0.05) is 48.4 Å². The predicted molar refractivity (Wildman–Crippen MR) is 149 cm³/mol. The van der Waals surface area contributed by atoms with Crippen molar-refractivity contribution in [3.05, 3.63) is 76.5 Å². The lowest BCUT2D eigenvalue weighted by Gasteiger charge is -2.44. The van der Waals surface area contributed by atoms with E-state index in [0.717, 1.165) is 49.7 Å². The van der Waals surface area contributed by atoms with Crippen molar-refractivity contribution in [1.82, 2.24) is 9.80 Å². The minimum Gasteiger partial charge on any atom is -0.482 e. The molecule has 0 N–H and O–H groups in total. The zero-order chi connectivity index (χ0) is 27.4. The Morgan fingerprint density at radius 2 is 1.74 bits per heavy atom. The molecule has 3 atom stereocenters. The molecule has 0 spiro atoms. The Morgan fingerprint density at radius 3 is 2.49 bits per heavy atom. The number of aryl methyl sites for hydroxylation is 1. The van der Waals surface area contributed by atoms with Crippen molar-refractivity contribution in [2.24, 2.45) is 5.92 Å². The molecule has 206 valence electrons. The maximum absolute atomic E-state index is 13.6. The van der Waals surface area contributed by atoms with Crippen LogP contribution in [-0.2, 0) is 25.6 Å². The van der Waals surface area contributed by atoms with Gasteiger partial charge >= 0.3 is 5.97 Å². The van der Waals surface area contributed by atoms with Gasteiger partial charge in [-0.2, -0.15) is 0 Å². The Kier molecular flexibility index (Phi) is 8.34. The fourth-order valence-corrected chi connectivity index (χ4v) is 5.92. The first-order valence-electron chi connectivity index (χ1n) is 14.2. The monoisotopic (exact) mass is 530 g/mol. The van der Waals surface area contributed by atoms with Crippen LogP contribution in [0.4, 0.5) is 0 Å². The fourth-order valence-electron chi connectivity index (χ4n) is 5.92. The summed E-state index contributed by atoms with van der Waals surface area (Å²) in [5.41, 5.74) is 3.68. The second kappa shape index (κ2) is 12.1. The van der Waals surface area contributed by atoms with Crippen LogP contribution in [0.5, 0.6) is 0 Å². The van der Waals surface area contributed by atoms with Crippen molar-refractivity contribution in [2.45, 2.75) is 71.1 Å². The van der Waals surface area contributed by atoms with E-state index in [1.165, 1.54) is 5.56 Å². The van der Waals surface area contributed by atoms with E-state index < -0.39 is 0 Å². The van der Waals surface area contributed by atoms with Crippen molar-refractivity contribution in [1.29, 1.82) is 0 Å². The molecule has 2 aromatic carbocycles. The third kappa shape index (κ3) is 6.18. The van der Waals surface area contributed by atoms with Gasteiger partial charge in [0.1, 0.15) is 6.10 Å². The Balaban J connectivity index is 1.30. The smallest absolute Gasteiger partial charge is 0.310 e. The van der Waals surface area contributed by atoms with Gasteiger partial charge in [-0.3, -0.25) is 14.4 Å². The van der Waals surface area contributed by atoms with E-state index in [1.54, 1.807) is 30.0 Å². The van der Waals surface area contributed by atoms with Crippen LogP contribution >= 0.6 is 0 Å². The third-order valence-corrected chi connectivity index (χ3v) is 8.08. The van der Waals surface area contributed by atoms with Crippen molar-refractivity contribution < 1.29 is 23.9 Å². The summed E-state index contributed by atoms with van der Waals surface area (Å²) in [4.78, 5) is 42.7. The molecule has 2 heterocycles. The number of likely N-dealkylation sites (tertiary alicyclic amines) is 1. The number of hydrogen-bond donors (Lipinski definition) is 0. The van der Waals surface area contributed by atoms with Gasteiger partial charge in [0.25, 0.3) is 11.8 Å². The number of amides is 2. The van der Waals surface area contributed by atoms with E-state index in [4.69, 9.17) is 9.47 Å². The summed E-state index contributed by atoms with van der Waals surface area (Å²) in [6.45, 7) is 5.77. The summed E-state index contributed by atoms with van der Waals surface area (Å²) in [5.74, 6) is -0.323. The molecular formula is C32H38N2O5. The first-order valence-corrected chi connectivity index (χ1v) is 14.2. The zero-order valence-corrected chi connectivity index (χ0v) is 22.9. The number of carbonyl (C=O) groups excluding carboxylic acids is 3. The first kappa shape index (κ1) is 27.0. The maximum Gasteiger partial charge on any atom is 0.310 e. The Labute approximate surface area is 230 Å². The molecule has 2 amide bonds. The number of fused-ring (bicyclic) bond motifs is 1. The van der Waals surface area contributed by atoms with Crippen LogP contribution in [0.2, 0.25) is 0 Å². The van der Waals surface area contributed by atoms with Gasteiger partial charge in [-0.05, 0) is 75.3 Å². The highest BCUT2D eigenvalue weighted by Gasteiger charge is 2.41. The number of benzene rings is 2. The normalized spacial score (nSPS) is 24.2. The molecule has 2 saturated heterocycles. The molecule has 2 aromatic rings. The number of rotatable bonds is 6. The van der Waals surface area contributed by atoms with Crippen LogP contribution in [0.1, 0.15) is 72.5 Å². The SMILES string of the molecule is CCOC(=O)C1CCCN(C(=O)c2ccc(/C=C3/OC4CCCCC4N(Cc4ccc(C)cc4)C3=O)cc2)C1. The number of morpholine rings is 1. The van der Waals surface area contributed by atoms with Crippen LogP contribution in [0, 0.1) is 12.8 Å². The van der Waals surface area contributed by atoms with Gasteiger partial charge in [-0.25, -0.2) is 0 Å². The van der Waals surface area contributed by atoms with E-state index in [1.807, 2.05) is 17.0 Å². The molecule has 0 bridgehead atoms. The molecule has 2 aliphatic heterocycles. The lowest BCUT2D eigenvalue weighted by Crippen LogP contribution is -2.54. The van der Waals surface area contributed by atoms with Crippen LogP contribution in [0.3, 0.4) is 0 Å². The van der Waals surface area contributed by atoms with E-state index in [0.29, 0.717) is 37.6 Å². The standard InChI is InChI=1S/C32H38N2O5/c1-3-38-32(37)26-7-6-18-33(21-26)30(35)25-16-14-23(15-17-25)19-29-31(36)34(20-24-12-10-22(2)11-13-24)27-8-4-5-9-28(27)39-29/h10-17,19,26-28H,3-9,18,20-21H2,1-2H3/b29-19+. The van der Waals surface area contributed by atoms with Crippen molar-refractivity contribution in [3.8, 4) is 0 Å². The highest BCUT2D eigenvalue weighted by Crippen LogP contribution is 2.34. The number of nitrogens with zero attached hydrogens (tertiary/aromatic N) is 2. The lowest BCUT2D eigenvalue weighted by atomic mass is 9.89. The summed E-state index contributed by atoms with van der Waals surface area (Å²) in [6, 6.07) is 15.7. The fraction of sp³-hybridized carbons (Fsp3) is 0.469. The van der Waals surface area contributed by atoms with E-state index in [2.05, 4.69) is 31.2 Å². The van der Waals surface area contributed by atoms with Crippen molar-refractivity contribution in [2.75, 3.05) is 19.7 Å². The highest BCUT2D eigenvalue weighted by atomic mass is 16.5. The summed E-state index contributed by atoms with van der Waals surface area (Å²) >= 11 is 0. The Bertz CT molecular complexity index is 1220. The minimum atomic E-state index is -0.271. The summed E-state index contributed by atoms with van der Waals surface area (Å²) < 4.78 is 11.4. The molecule has 3 unspecified atom stereocenters.